The number of sulfonamides is 1. The van der Waals surface area contributed by atoms with Gasteiger partial charge in [-0.3, -0.25) is 0 Å². The Bertz CT molecular complexity index is 426. The first kappa shape index (κ1) is 13.4. The van der Waals surface area contributed by atoms with E-state index in [1.807, 2.05) is 0 Å². The van der Waals surface area contributed by atoms with Crippen LogP contribution < -0.4 is 4.72 Å². The van der Waals surface area contributed by atoms with Crippen LogP contribution in [0.3, 0.4) is 0 Å². The van der Waals surface area contributed by atoms with Gasteiger partial charge in [-0.05, 0) is 11.4 Å². The number of rotatable bonds is 4. The Hall–Kier alpha value is -0.640. The van der Waals surface area contributed by atoms with Gasteiger partial charge in [0.05, 0.1) is 0 Å². The van der Waals surface area contributed by atoms with Gasteiger partial charge in [-0.25, -0.2) is 13.1 Å². The number of halogens is 3. The fourth-order valence-electron chi connectivity index (χ4n) is 0.792. The lowest BCUT2D eigenvalue weighted by Crippen LogP contribution is -2.40. The highest BCUT2D eigenvalue weighted by atomic mass is 32.2. The van der Waals surface area contributed by atoms with Gasteiger partial charge in [-0.1, -0.05) is 6.07 Å². The number of aliphatic hydroxyl groups is 1. The molecule has 0 bridgehead atoms. The topological polar surface area (TPSA) is 66.4 Å². The van der Waals surface area contributed by atoms with Crippen LogP contribution in [0.4, 0.5) is 13.2 Å². The number of hydrogen-bond donors (Lipinski definition) is 2. The highest BCUT2D eigenvalue weighted by Gasteiger charge is 2.38. The van der Waals surface area contributed by atoms with E-state index >= 15 is 0 Å². The lowest BCUT2D eigenvalue weighted by molar-refractivity contribution is -0.200. The molecule has 0 unspecified atom stereocenters. The van der Waals surface area contributed by atoms with Crippen molar-refractivity contribution in [2.75, 3.05) is 6.54 Å². The van der Waals surface area contributed by atoms with Crippen molar-refractivity contribution < 1.29 is 26.7 Å². The Morgan fingerprint density at radius 2 is 2.12 bits per heavy atom. The second-order valence-corrected chi connectivity index (χ2v) is 5.78. The molecule has 0 aliphatic rings. The van der Waals surface area contributed by atoms with E-state index < -0.39 is 28.8 Å². The minimum absolute atomic E-state index is 0.0955. The zero-order chi connectivity index (χ0) is 12.4. The maximum Gasteiger partial charge on any atom is 0.415 e. The first-order valence-electron chi connectivity index (χ1n) is 4.01. The van der Waals surface area contributed by atoms with Gasteiger partial charge >= 0.3 is 6.18 Å². The minimum atomic E-state index is -4.84. The first-order valence-corrected chi connectivity index (χ1v) is 6.38. The monoisotopic (exact) mass is 275 g/mol. The lowest BCUT2D eigenvalue weighted by atomic mass is 10.4. The fourth-order valence-corrected chi connectivity index (χ4v) is 2.87. The van der Waals surface area contributed by atoms with Crippen molar-refractivity contribution in [2.24, 2.45) is 0 Å². The molecular weight excluding hydrogens is 267 g/mol. The van der Waals surface area contributed by atoms with Gasteiger partial charge in [0, 0.05) is 6.54 Å². The standard InChI is InChI=1S/C7H8F3NO3S2/c8-7(9,10)5(12)4-11-16(13,14)6-2-1-3-15-6/h1-3,5,11-12H,4H2/t5-/m1/s1. The van der Waals surface area contributed by atoms with Crippen LogP contribution in [0.2, 0.25) is 0 Å². The molecule has 0 aromatic carbocycles. The van der Waals surface area contributed by atoms with Crippen molar-refractivity contribution in [3.05, 3.63) is 17.5 Å². The molecule has 4 nitrogen and oxygen atoms in total. The molecule has 0 amide bonds. The average molecular weight is 275 g/mol. The Labute approximate surface area is 93.8 Å². The van der Waals surface area contributed by atoms with E-state index in [1.54, 1.807) is 4.72 Å². The summed E-state index contributed by atoms with van der Waals surface area (Å²) in [5, 5.41) is 10.1. The Morgan fingerprint density at radius 3 is 2.56 bits per heavy atom. The summed E-state index contributed by atoms with van der Waals surface area (Å²) in [4.78, 5) is 0. The van der Waals surface area contributed by atoms with Crippen LogP contribution in [0, 0.1) is 0 Å². The van der Waals surface area contributed by atoms with Crippen molar-refractivity contribution in [3.8, 4) is 0 Å². The van der Waals surface area contributed by atoms with Crippen LogP contribution in [0.15, 0.2) is 21.7 Å². The Morgan fingerprint density at radius 1 is 1.50 bits per heavy atom. The second kappa shape index (κ2) is 4.70. The van der Waals surface area contributed by atoms with Gasteiger partial charge in [0.25, 0.3) is 0 Å². The Balaban J connectivity index is 2.63. The third-order valence-electron chi connectivity index (χ3n) is 1.60. The molecule has 0 aliphatic heterocycles. The van der Waals surface area contributed by atoms with Gasteiger partial charge in [-0.2, -0.15) is 13.2 Å². The van der Waals surface area contributed by atoms with Crippen LogP contribution in [0.1, 0.15) is 0 Å². The summed E-state index contributed by atoms with van der Waals surface area (Å²) in [6.07, 6.45) is -7.54. The normalized spacial score (nSPS) is 15.0. The van der Waals surface area contributed by atoms with Gasteiger partial charge < -0.3 is 5.11 Å². The molecule has 1 heterocycles. The highest BCUT2D eigenvalue weighted by Crippen LogP contribution is 2.20. The fraction of sp³-hybridized carbons (Fsp3) is 0.429. The first-order chi connectivity index (χ1) is 7.23. The zero-order valence-corrected chi connectivity index (χ0v) is 9.36. The van der Waals surface area contributed by atoms with Gasteiger partial charge in [0.15, 0.2) is 6.10 Å². The van der Waals surface area contributed by atoms with Crippen LogP contribution in [0.25, 0.3) is 0 Å². The molecule has 1 atom stereocenters. The molecular formula is C7H8F3NO3S2. The molecule has 1 rings (SSSR count). The van der Waals surface area contributed by atoms with Crippen molar-refractivity contribution in [1.29, 1.82) is 0 Å². The summed E-state index contributed by atoms with van der Waals surface area (Å²) < 4.78 is 59.9. The molecule has 0 saturated heterocycles. The van der Waals surface area contributed by atoms with E-state index in [9.17, 15) is 21.6 Å². The molecule has 0 fully saturated rings. The quantitative estimate of drug-likeness (QED) is 0.859. The van der Waals surface area contributed by atoms with Crippen molar-refractivity contribution in [3.63, 3.8) is 0 Å². The molecule has 1 aromatic rings. The number of aliphatic hydroxyl groups excluding tert-OH is 1. The molecule has 0 radical (unpaired) electrons. The van der Waals surface area contributed by atoms with E-state index in [4.69, 9.17) is 5.11 Å². The predicted molar refractivity (Wildman–Crippen MR) is 51.6 cm³/mol. The molecule has 92 valence electrons. The van der Waals surface area contributed by atoms with Crippen LogP contribution in [-0.4, -0.2) is 32.3 Å². The molecule has 1 aromatic heterocycles. The predicted octanol–water partition coefficient (Wildman–Crippen LogP) is 0.950. The van der Waals surface area contributed by atoms with Gasteiger partial charge in [-0.15, -0.1) is 11.3 Å². The summed E-state index contributed by atoms with van der Waals surface area (Å²) in [5.74, 6) is 0. The zero-order valence-electron chi connectivity index (χ0n) is 7.73. The number of alkyl halides is 3. The SMILES string of the molecule is O=S(=O)(NC[C@@H](O)C(F)(F)F)c1cccs1. The van der Waals surface area contributed by atoms with Gasteiger partial charge in [0.1, 0.15) is 4.21 Å². The second-order valence-electron chi connectivity index (χ2n) is 2.84. The lowest BCUT2D eigenvalue weighted by Gasteiger charge is -2.14. The largest absolute Gasteiger partial charge is 0.415 e. The summed E-state index contributed by atoms with van der Waals surface area (Å²) in [6.45, 7) is -1.09. The third-order valence-corrected chi connectivity index (χ3v) is 4.43. The molecule has 16 heavy (non-hydrogen) atoms. The third kappa shape index (κ3) is 3.44. The maximum atomic E-state index is 11.9. The van der Waals surface area contributed by atoms with E-state index in [2.05, 4.69) is 0 Å². The van der Waals surface area contributed by atoms with E-state index in [0.29, 0.717) is 0 Å². The van der Waals surface area contributed by atoms with E-state index in [0.717, 1.165) is 11.3 Å². The van der Waals surface area contributed by atoms with Crippen LogP contribution >= 0.6 is 11.3 Å². The van der Waals surface area contributed by atoms with E-state index in [-0.39, 0.29) is 4.21 Å². The van der Waals surface area contributed by atoms with E-state index in [1.165, 1.54) is 17.5 Å². The maximum absolute atomic E-state index is 11.9. The molecule has 2 N–H and O–H groups in total. The van der Waals surface area contributed by atoms with Crippen molar-refractivity contribution in [2.45, 2.75) is 16.5 Å². The molecule has 0 spiro atoms. The number of hydrogen-bond acceptors (Lipinski definition) is 4. The van der Waals surface area contributed by atoms with Crippen LogP contribution in [-0.2, 0) is 10.0 Å². The summed E-state index contributed by atoms with van der Waals surface area (Å²) in [5.41, 5.74) is 0. The summed E-state index contributed by atoms with van der Waals surface area (Å²) in [7, 11) is -3.96. The Kier molecular flexibility index (Phi) is 3.94. The number of nitrogens with one attached hydrogen (secondary N) is 1. The molecule has 9 heteroatoms. The summed E-state index contributed by atoms with van der Waals surface area (Å²) in [6, 6.07) is 2.71. The average Bonchev–Trinajstić information content (AvgIpc) is 2.65. The smallest absolute Gasteiger partial charge is 0.382 e. The number of thiophene rings is 1. The van der Waals surface area contributed by atoms with Gasteiger partial charge in [0.2, 0.25) is 10.0 Å². The molecule has 0 saturated carbocycles. The molecule has 0 aliphatic carbocycles. The van der Waals surface area contributed by atoms with Crippen molar-refractivity contribution in [1.82, 2.24) is 4.72 Å². The van der Waals surface area contributed by atoms with Crippen LogP contribution in [0.5, 0.6) is 0 Å². The minimum Gasteiger partial charge on any atom is -0.382 e. The summed E-state index contributed by atoms with van der Waals surface area (Å²) >= 11 is 0.876. The van der Waals surface area contributed by atoms with Crippen molar-refractivity contribution >= 4 is 21.4 Å². The highest BCUT2D eigenvalue weighted by molar-refractivity contribution is 7.91.